The van der Waals surface area contributed by atoms with Crippen molar-refractivity contribution in [2.75, 3.05) is 23.1 Å². The molecular weight excluding hydrogens is 440 g/mol. The Morgan fingerprint density at radius 1 is 1.20 bits per heavy atom. The standard InChI is InChI=1S/C21H23ClN4O2S2/c1-15-12-26(13-16-5-3-2-4-6-16)14-20(15)24-19-8-7-17(11-18(19)22)30(27,28)25-21-23-9-10-29-21/h2-11,15,20,24H,12-14H2,1H3,(H,23,25)/t15-,20+/m0/s1. The minimum Gasteiger partial charge on any atom is -0.379 e. The molecule has 1 aromatic heterocycles. The van der Waals surface area contributed by atoms with Gasteiger partial charge in [-0.05, 0) is 29.7 Å². The Morgan fingerprint density at radius 2 is 2.00 bits per heavy atom. The molecule has 0 radical (unpaired) electrons. The van der Waals surface area contributed by atoms with E-state index in [1.165, 1.54) is 23.0 Å². The maximum atomic E-state index is 12.5. The van der Waals surface area contributed by atoms with Gasteiger partial charge in [0.05, 0.1) is 15.6 Å². The van der Waals surface area contributed by atoms with Gasteiger partial charge >= 0.3 is 0 Å². The summed E-state index contributed by atoms with van der Waals surface area (Å²) in [4.78, 5) is 6.49. The number of halogens is 1. The van der Waals surface area contributed by atoms with E-state index >= 15 is 0 Å². The fourth-order valence-corrected chi connectivity index (χ4v) is 5.77. The van der Waals surface area contributed by atoms with Crippen molar-refractivity contribution in [1.82, 2.24) is 9.88 Å². The van der Waals surface area contributed by atoms with Crippen LogP contribution in [-0.4, -0.2) is 37.4 Å². The van der Waals surface area contributed by atoms with E-state index in [1.807, 2.05) is 6.07 Å². The first kappa shape index (κ1) is 21.1. The molecule has 1 aliphatic heterocycles. The van der Waals surface area contributed by atoms with Gasteiger partial charge < -0.3 is 5.32 Å². The normalized spacial score (nSPS) is 19.7. The highest BCUT2D eigenvalue weighted by Gasteiger charge is 2.30. The number of sulfonamides is 1. The molecule has 0 unspecified atom stereocenters. The lowest BCUT2D eigenvalue weighted by molar-refractivity contribution is 0.319. The van der Waals surface area contributed by atoms with E-state index in [9.17, 15) is 8.42 Å². The molecule has 1 aliphatic rings. The van der Waals surface area contributed by atoms with Crippen molar-refractivity contribution in [1.29, 1.82) is 0 Å². The van der Waals surface area contributed by atoms with E-state index in [4.69, 9.17) is 11.6 Å². The molecule has 2 heterocycles. The first-order valence-electron chi connectivity index (χ1n) is 9.65. The van der Waals surface area contributed by atoms with Gasteiger partial charge in [-0.3, -0.25) is 9.62 Å². The second-order valence-electron chi connectivity index (χ2n) is 7.49. The van der Waals surface area contributed by atoms with Crippen LogP contribution in [0.5, 0.6) is 0 Å². The zero-order chi connectivity index (χ0) is 21.1. The Labute approximate surface area is 186 Å². The number of nitrogens with one attached hydrogen (secondary N) is 2. The van der Waals surface area contributed by atoms with E-state index in [0.29, 0.717) is 16.1 Å². The Hall–Kier alpha value is -2.13. The van der Waals surface area contributed by atoms with Crippen LogP contribution >= 0.6 is 22.9 Å². The lowest BCUT2D eigenvalue weighted by Crippen LogP contribution is -2.28. The van der Waals surface area contributed by atoms with Crippen LogP contribution in [0.1, 0.15) is 12.5 Å². The fourth-order valence-electron chi connectivity index (χ4n) is 3.65. The third kappa shape index (κ3) is 4.95. The van der Waals surface area contributed by atoms with Gasteiger partial charge in [-0.1, -0.05) is 48.9 Å². The highest BCUT2D eigenvalue weighted by Crippen LogP contribution is 2.30. The third-order valence-electron chi connectivity index (χ3n) is 5.18. The molecule has 1 fully saturated rings. The molecule has 3 aromatic rings. The van der Waals surface area contributed by atoms with Crippen LogP contribution in [-0.2, 0) is 16.6 Å². The molecule has 2 atom stereocenters. The summed E-state index contributed by atoms with van der Waals surface area (Å²) < 4.78 is 27.6. The first-order chi connectivity index (χ1) is 14.4. The fraction of sp³-hybridized carbons (Fsp3) is 0.286. The summed E-state index contributed by atoms with van der Waals surface area (Å²) in [7, 11) is -3.73. The molecule has 0 bridgehead atoms. The van der Waals surface area contributed by atoms with Gasteiger partial charge in [0, 0.05) is 37.3 Å². The van der Waals surface area contributed by atoms with Crippen molar-refractivity contribution in [3.8, 4) is 0 Å². The maximum absolute atomic E-state index is 12.5. The number of nitrogens with zero attached hydrogens (tertiary/aromatic N) is 2. The van der Waals surface area contributed by atoms with Crippen LogP contribution in [0.4, 0.5) is 10.8 Å². The molecule has 0 amide bonds. The quantitative estimate of drug-likeness (QED) is 0.539. The molecule has 30 heavy (non-hydrogen) atoms. The summed E-state index contributed by atoms with van der Waals surface area (Å²) in [6.45, 7) is 5.02. The monoisotopic (exact) mass is 462 g/mol. The van der Waals surface area contributed by atoms with Gasteiger partial charge in [-0.2, -0.15) is 0 Å². The summed E-state index contributed by atoms with van der Waals surface area (Å²) in [5.74, 6) is 0.444. The number of hydrogen-bond donors (Lipinski definition) is 2. The molecule has 158 valence electrons. The van der Waals surface area contributed by atoms with E-state index in [-0.39, 0.29) is 10.9 Å². The van der Waals surface area contributed by atoms with Gasteiger partial charge in [-0.25, -0.2) is 13.4 Å². The van der Waals surface area contributed by atoms with Crippen molar-refractivity contribution in [2.45, 2.75) is 24.4 Å². The van der Waals surface area contributed by atoms with E-state index < -0.39 is 10.0 Å². The van der Waals surface area contributed by atoms with E-state index in [1.54, 1.807) is 23.7 Å². The average Bonchev–Trinajstić information content (AvgIpc) is 3.33. The summed E-state index contributed by atoms with van der Waals surface area (Å²) in [5.41, 5.74) is 2.04. The zero-order valence-electron chi connectivity index (χ0n) is 16.5. The van der Waals surface area contributed by atoms with E-state index in [2.05, 4.69) is 51.1 Å². The van der Waals surface area contributed by atoms with E-state index in [0.717, 1.165) is 25.3 Å². The predicted molar refractivity (Wildman–Crippen MR) is 123 cm³/mol. The molecule has 9 heteroatoms. The van der Waals surface area contributed by atoms with Gasteiger partial charge in [0.25, 0.3) is 10.0 Å². The topological polar surface area (TPSA) is 74.3 Å². The molecule has 0 aliphatic carbocycles. The second kappa shape index (κ2) is 8.93. The minimum absolute atomic E-state index is 0.110. The molecule has 1 saturated heterocycles. The van der Waals surface area contributed by atoms with Crippen molar-refractivity contribution < 1.29 is 8.42 Å². The van der Waals surface area contributed by atoms with Crippen LogP contribution < -0.4 is 10.0 Å². The Morgan fingerprint density at radius 3 is 2.70 bits per heavy atom. The number of thiazole rings is 1. The average molecular weight is 463 g/mol. The largest absolute Gasteiger partial charge is 0.379 e. The molecule has 0 spiro atoms. The zero-order valence-corrected chi connectivity index (χ0v) is 18.8. The van der Waals surface area contributed by atoms with Gasteiger partial charge in [0.2, 0.25) is 0 Å². The Bertz CT molecular complexity index is 1090. The lowest BCUT2D eigenvalue weighted by atomic mass is 10.1. The molecule has 0 saturated carbocycles. The number of anilines is 2. The minimum atomic E-state index is -3.73. The van der Waals surface area contributed by atoms with Gasteiger partial charge in [-0.15, -0.1) is 11.3 Å². The summed E-state index contributed by atoms with van der Waals surface area (Å²) in [6.07, 6.45) is 1.55. The second-order valence-corrected chi connectivity index (χ2v) is 10.5. The molecular formula is C21H23ClN4O2S2. The summed E-state index contributed by atoms with van der Waals surface area (Å²) >= 11 is 7.65. The predicted octanol–water partition coefficient (Wildman–Crippen LogP) is 4.53. The maximum Gasteiger partial charge on any atom is 0.263 e. The number of hydrogen-bond acceptors (Lipinski definition) is 6. The SMILES string of the molecule is C[C@H]1CN(Cc2ccccc2)C[C@H]1Nc1ccc(S(=O)(=O)Nc2nccs2)cc1Cl. The van der Waals surface area contributed by atoms with Crippen molar-refractivity contribution in [3.05, 3.63) is 70.7 Å². The number of benzene rings is 2. The number of aromatic nitrogens is 1. The van der Waals surface area contributed by atoms with Crippen LogP contribution in [0.25, 0.3) is 0 Å². The summed E-state index contributed by atoms with van der Waals surface area (Å²) in [5, 5.41) is 5.92. The van der Waals surface area contributed by atoms with Crippen LogP contribution in [0.3, 0.4) is 0 Å². The summed E-state index contributed by atoms with van der Waals surface area (Å²) in [6, 6.07) is 15.4. The smallest absolute Gasteiger partial charge is 0.263 e. The molecule has 6 nitrogen and oxygen atoms in total. The number of likely N-dealkylation sites (tertiary alicyclic amines) is 1. The highest BCUT2D eigenvalue weighted by atomic mass is 35.5. The van der Waals surface area contributed by atoms with Crippen molar-refractivity contribution >= 4 is 43.8 Å². The van der Waals surface area contributed by atoms with Crippen LogP contribution in [0, 0.1) is 5.92 Å². The molecule has 2 N–H and O–H groups in total. The highest BCUT2D eigenvalue weighted by molar-refractivity contribution is 7.93. The van der Waals surface area contributed by atoms with Crippen molar-refractivity contribution in [3.63, 3.8) is 0 Å². The molecule has 2 aromatic carbocycles. The van der Waals surface area contributed by atoms with Gasteiger partial charge in [0.15, 0.2) is 5.13 Å². The van der Waals surface area contributed by atoms with Crippen molar-refractivity contribution in [2.24, 2.45) is 5.92 Å². The number of rotatable bonds is 7. The third-order valence-corrected chi connectivity index (χ3v) is 7.65. The lowest BCUT2D eigenvalue weighted by Gasteiger charge is -2.20. The molecule has 4 rings (SSSR count). The van der Waals surface area contributed by atoms with Crippen LogP contribution in [0.15, 0.2) is 65.0 Å². The van der Waals surface area contributed by atoms with Crippen LogP contribution in [0.2, 0.25) is 5.02 Å². The Kier molecular flexibility index (Phi) is 6.29. The Balaban J connectivity index is 1.42. The van der Waals surface area contributed by atoms with Gasteiger partial charge in [0.1, 0.15) is 0 Å². The first-order valence-corrected chi connectivity index (χ1v) is 12.4.